The Kier molecular flexibility index (Phi) is 10.0. The molecule has 0 N–H and O–H groups in total. The van der Waals surface area contributed by atoms with Gasteiger partial charge in [-0.1, -0.05) is 6.92 Å². The molecule has 6 nitrogen and oxygen atoms in total. The Morgan fingerprint density at radius 2 is 1.20 bits per heavy atom. The topological polar surface area (TPSA) is 71.1 Å². The molecule has 20 heavy (non-hydrogen) atoms. The Labute approximate surface area is 120 Å². The summed E-state index contributed by atoms with van der Waals surface area (Å²) in [5, 5.41) is 0. The molecule has 0 aromatic carbocycles. The van der Waals surface area contributed by atoms with E-state index < -0.39 is 30.1 Å². The molecule has 0 aromatic rings. The smallest absolute Gasteiger partial charge is 0.320 e. The van der Waals surface area contributed by atoms with Gasteiger partial charge >= 0.3 is 11.9 Å². The van der Waals surface area contributed by atoms with E-state index in [2.05, 4.69) is 0 Å². The highest BCUT2D eigenvalue weighted by Gasteiger charge is 2.39. The molecule has 6 heteroatoms. The summed E-state index contributed by atoms with van der Waals surface area (Å²) in [6.07, 6.45) is -0.649. The van der Waals surface area contributed by atoms with E-state index in [0.717, 1.165) is 0 Å². The lowest BCUT2D eigenvalue weighted by Crippen LogP contribution is -2.40. The number of hydrogen-bond donors (Lipinski definition) is 0. The summed E-state index contributed by atoms with van der Waals surface area (Å²) in [5.41, 5.74) is 0. The zero-order chi connectivity index (χ0) is 15.5. The Bertz CT molecular complexity index is 267. The van der Waals surface area contributed by atoms with Crippen molar-refractivity contribution in [3.8, 4) is 0 Å². The molecular formula is C14H26O6. The normalized spacial score (nSPS) is 12.6. The summed E-state index contributed by atoms with van der Waals surface area (Å²) in [6.45, 7) is 9.99. The minimum absolute atomic E-state index is 0.204. The van der Waals surface area contributed by atoms with E-state index in [1.807, 2.05) is 13.8 Å². The molecule has 118 valence electrons. The van der Waals surface area contributed by atoms with Gasteiger partial charge in [0.1, 0.15) is 0 Å². The molecule has 1 atom stereocenters. The Morgan fingerprint density at radius 3 is 1.50 bits per heavy atom. The van der Waals surface area contributed by atoms with Crippen LogP contribution in [-0.4, -0.2) is 44.7 Å². The van der Waals surface area contributed by atoms with Gasteiger partial charge in [-0.25, -0.2) is 0 Å². The van der Waals surface area contributed by atoms with Crippen LogP contribution in [-0.2, 0) is 28.5 Å². The average molecular weight is 290 g/mol. The monoisotopic (exact) mass is 290 g/mol. The number of hydrogen-bond acceptors (Lipinski definition) is 6. The maximum Gasteiger partial charge on any atom is 0.320 e. The van der Waals surface area contributed by atoms with Crippen molar-refractivity contribution in [3.63, 3.8) is 0 Å². The van der Waals surface area contributed by atoms with Gasteiger partial charge in [0.2, 0.25) is 0 Å². The van der Waals surface area contributed by atoms with Crippen molar-refractivity contribution in [2.45, 2.75) is 40.9 Å². The zero-order valence-corrected chi connectivity index (χ0v) is 13.0. The second kappa shape index (κ2) is 10.6. The summed E-state index contributed by atoms with van der Waals surface area (Å²) in [6, 6.07) is 0. The number of ether oxygens (including phenoxy) is 4. The fraction of sp³-hybridized carbons (Fsp3) is 0.857. The molecular weight excluding hydrogens is 264 g/mol. The van der Waals surface area contributed by atoms with Crippen LogP contribution in [0, 0.1) is 11.8 Å². The summed E-state index contributed by atoms with van der Waals surface area (Å²) in [5.74, 6) is -2.75. The van der Waals surface area contributed by atoms with Gasteiger partial charge in [0, 0.05) is 19.1 Å². The Morgan fingerprint density at radius 1 is 0.800 bits per heavy atom. The zero-order valence-electron chi connectivity index (χ0n) is 13.0. The summed E-state index contributed by atoms with van der Waals surface area (Å²) >= 11 is 0. The average Bonchev–Trinajstić information content (AvgIpc) is 2.39. The fourth-order valence-corrected chi connectivity index (χ4v) is 1.83. The number of carbonyl (C=O) groups is 2. The molecule has 0 fully saturated rings. The number of carbonyl (C=O) groups excluding carboxylic acids is 2. The first kappa shape index (κ1) is 18.9. The molecule has 0 saturated heterocycles. The van der Waals surface area contributed by atoms with Gasteiger partial charge in [-0.15, -0.1) is 0 Å². The van der Waals surface area contributed by atoms with Crippen LogP contribution in [0.2, 0.25) is 0 Å². The van der Waals surface area contributed by atoms with Crippen LogP contribution in [0.15, 0.2) is 0 Å². The minimum Gasteiger partial charge on any atom is -0.465 e. The van der Waals surface area contributed by atoms with Crippen LogP contribution in [0.1, 0.15) is 34.6 Å². The first-order chi connectivity index (χ1) is 9.53. The van der Waals surface area contributed by atoms with Crippen molar-refractivity contribution in [2.75, 3.05) is 26.4 Å². The van der Waals surface area contributed by atoms with Gasteiger partial charge in [-0.3, -0.25) is 9.59 Å². The Hall–Kier alpha value is -1.14. The first-order valence-electron chi connectivity index (χ1n) is 7.09. The van der Waals surface area contributed by atoms with Crippen molar-refractivity contribution in [1.82, 2.24) is 0 Å². The molecule has 0 radical (unpaired) electrons. The second-order valence-corrected chi connectivity index (χ2v) is 4.12. The van der Waals surface area contributed by atoms with Crippen LogP contribution in [0.5, 0.6) is 0 Å². The van der Waals surface area contributed by atoms with Crippen LogP contribution in [0.25, 0.3) is 0 Å². The van der Waals surface area contributed by atoms with Crippen molar-refractivity contribution < 1.29 is 28.5 Å². The molecule has 0 heterocycles. The lowest BCUT2D eigenvalue weighted by atomic mass is 9.93. The lowest BCUT2D eigenvalue weighted by molar-refractivity contribution is -0.192. The molecule has 0 aliphatic rings. The first-order valence-corrected chi connectivity index (χ1v) is 7.09. The van der Waals surface area contributed by atoms with E-state index in [4.69, 9.17) is 18.9 Å². The van der Waals surface area contributed by atoms with E-state index in [1.54, 1.807) is 20.8 Å². The molecule has 0 aliphatic carbocycles. The maximum absolute atomic E-state index is 12.0. The number of esters is 2. The molecule has 0 rings (SSSR count). The molecule has 1 unspecified atom stereocenters. The van der Waals surface area contributed by atoms with Gasteiger partial charge in [0.25, 0.3) is 0 Å². The molecule has 0 spiro atoms. The quantitative estimate of drug-likeness (QED) is 0.347. The lowest BCUT2D eigenvalue weighted by Gasteiger charge is -2.28. The highest BCUT2D eigenvalue weighted by molar-refractivity contribution is 5.95. The van der Waals surface area contributed by atoms with Crippen molar-refractivity contribution >= 4 is 11.9 Å². The molecule has 0 aromatic heterocycles. The van der Waals surface area contributed by atoms with Gasteiger partial charge < -0.3 is 18.9 Å². The molecule has 0 bridgehead atoms. The second-order valence-electron chi connectivity index (χ2n) is 4.12. The highest BCUT2D eigenvalue weighted by atomic mass is 16.7. The highest BCUT2D eigenvalue weighted by Crippen LogP contribution is 2.22. The predicted octanol–water partition coefficient (Wildman–Crippen LogP) is 1.76. The van der Waals surface area contributed by atoms with E-state index in [-0.39, 0.29) is 13.2 Å². The largest absolute Gasteiger partial charge is 0.465 e. The van der Waals surface area contributed by atoms with Gasteiger partial charge in [0.15, 0.2) is 12.2 Å². The van der Waals surface area contributed by atoms with Crippen LogP contribution in [0.3, 0.4) is 0 Å². The van der Waals surface area contributed by atoms with Crippen molar-refractivity contribution in [1.29, 1.82) is 0 Å². The predicted molar refractivity (Wildman–Crippen MR) is 73.0 cm³/mol. The summed E-state index contributed by atoms with van der Waals surface area (Å²) in [7, 11) is 0. The van der Waals surface area contributed by atoms with Crippen LogP contribution < -0.4 is 0 Å². The molecule has 0 saturated carbocycles. The van der Waals surface area contributed by atoms with Crippen LogP contribution in [0.4, 0.5) is 0 Å². The van der Waals surface area contributed by atoms with E-state index in [9.17, 15) is 9.59 Å². The molecule has 0 amide bonds. The standard InChI is InChI=1S/C14H26O6/c1-6-17-12(15)11(13(16)18-7-2)10(5)14(19-8-3)20-9-4/h10-11,14H,6-9H2,1-5H3. The van der Waals surface area contributed by atoms with Crippen molar-refractivity contribution in [3.05, 3.63) is 0 Å². The van der Waals surface area contributed by atoms with Gasteiger partial charge in [-0.05, 0) is 27.7 Å². The Balaban J connectivity index is 5.05. The number of rotatable bonds is 10. The van der Waals surface area contributed by atoms with Gasteiger partial charge in [0.05, 0.1) is 13.2 Å². The molecule has 0 aliphatic heterocycles. The minimum atomic E-state index is -1.04. The third kappa shape index (κ3) is 5.88. The third-order valence-electron chi connectivity index (χ3n) is 2.70. The fourth-order valence-electron chi connectivity index (χ4n) is 1.83. The maximum atomic E-state index is 12.0. The van der Waals surface area contributed by atoms with E-state index in [0.29, 0.717) is 13.2 Å². The third-order valence-corrected chi connectivity index (χ3v) is 2.70. The van der Waals surface area contributed by atoms with Crippen molar-refractivity contribution in [2.24, 2.45) is 11.8 Å². The SMILES string of the molecule is CCOC(=O)C(C(=O)OCC)C(C)C(OCC)OCC. The van der Waals surface area contributed by atoms with Gasteiger partial charge in [-0.2, -0.15) is 0 Å². The van der Waals surface area contributed by atoms with E-state index in [1.165, 1.54) is 0 Å². The summed E-state index contributed by atoms with van der Waals surface area (Å²) < 4.78 is 20.8. The van der Waals surface area contributed by atoms with Crippen LogP contribution >= 0.6 is 0 Å². The summed E-state index contributed by atoms with van der Waals surface area (Å²) in [4.78, 5) is 24.0. The van der Waals surface area contributed by atoms with E-state index >= 15 is 0 Å².